The molecule has 3 aromatic rings. The average Bonchev–Trinajstić information content (AvgIpc) is 2.81. The van der Waals surface area contributed by atoms with Gasteiger partial charge in [0.25, 0.3) is 0 Å². The van der Waals surface area contributed by atoms with Crippen molar-refractivity contribution in [3.63, 3.8) is 0 Å². The Morgan fingerprint density at radius 2 is 1.85 bits per heavy atom. The van der Waals surface area contributed by atoms with E-state index in [4.69, 9.17) is 10.2 Å². The molecule has 0 saturated heterocycles. The van der Waals surface area contributed by atoms with Crippen LogP contribution in [-0.2, 0) is 0 Å². The highest BCUT2D eigenvalue weighted by Gasteiger charge is 2.16. The van der Waals surface area contributed by atoms with Gasteiger partial charge in [-0.15, -0.1) is 0 Å². The fraction of sp³-hybridized carbons (Fsp3) is 0.176. The second-order valence-electron chi connectivity index (χ2n) is 5.17. The normalized spacial score (nSPS) is 12.8. The Hall–Kier alpha value is -1.58. The van der Waals surface area contributed by atoms with E-state index in [1.165, 1.54) is 11.1 Å². The highest BCUT2D eigenvalue weighted by atomic mass is 79.9. The number of aryl methyl sites for hydroxylation is 2. The maximum absolute atomic E-state index is 6.36. The third kappa shape index (κ3) is 2.39. The molecule has 2 nitrogen and oxygen atoms in total. The van der Waals surface area contributed by atoms with Crippen molar-refractivity contribution in [3.05, 3.63) is 69.4 Å². The number of fused-ring (bicyclic) bond motifs is 1. The molecular formula is C17H16BrNO. The fourth-order valence-electron chi connectivity index (χ4n) is 2.52. The van der Waals surface area contributed by atoms with E-state index in [9.17, 15) is 0 Å². The second kappa shape index (κ2) is 5.08. The van der Waals surface area contributed by atoms with E-state index in [1.54, 1.807) is 0 Å². The number of nitrogens with two attached hydrogens (primary N) is 1. The molecule has 0 fully saturated rings. The minimum Gasteiger partial charge on any atom is -0.459 e. The molecule has 1 atom stereocenters. The molecule has 0 aliphatic carbocycles. The standard InChI is InChI=1S/C17H16BrNO/c1-10-3-5-14(11(2)7-10)17(19)16-9-12-8-13(18)4-6-15(12)20-16/h3-9,17H,19H2,1-2H3. The molecule has 0 amide bonds. The molecule has 1 aromatic heterocycles. The predicted molar refractivity (Wildman–Crippen MR) is 85.9 cm³/mol. The summed E-state index contributed by atoms with van der Waals surface area (Å²) in [4.78, 5) is 0. The van der Waals surface area contributed by atoms with Crippen molar-refractivity contribution in [1.29, 1.82) is 0 Å². The zero-order valence-corrected chi connectivity index (χ0v) is 13.1. The predicted octanol–water partition coefficient (Wildman–Crippen LogP) is 4.86. The Kier molecular flexibility index (Phi) is 3.40. The molecule has 0 spiro atoms. The quantitative estimate of drug-likeness (QED) is 0.729. The van der Waals surface area contributed by atoms with Crippen LogP contribution in [0.2, 0.25) is 0 Å². The van der Waals surface area contributed by atoms with Crippen LogP contribution in [0.5, 0.6) is 0 Å². The monoisotopic (exact) mass is 329 g/mol. The number of halogens is 1. The summed E-state index contributed by atoms with van der Waals surface area (Å²) in [5.74, 6) is 0.796. The first-order valence-electron chi connectivity index (χ1n) is 6.56. The topological polar surface area (TPSA) is 39.2 Å². The first-order chi connectivity index (χ1) is 9.54. The number of hydrogen-bond acceptors (Lipinski definition) is 2. The summed E-state index contributed by atoms with van der Waals surface area (Å²) in [6, 6.07) is 14.1. The summed E-state index contributed by atoms with van der Waals surface area (Å²) in [7, 11) is 0. The van der Waals surface area contributed by atoms with Crippen LogP contribution in [0, 0.1) is 13.8 Å². The zero-order chi connectivity index (χ0) is 14.3. The number of benzene rings is 2. The first-order valence-corrected chi connectivity index (χ1v) is 7.35. The van der Waals surface area contributed by atoms with Gasteiger partial charge >= 0.3 is 0 Å². The van der Waals surface area contributed by atoms with Crippen LogP contribution in [0.25, 0.3) is 11.0 Å². The van der Waals surface area contributed by atoms with Crippen LogP contribution in [0.4, 0.5) is 0 Å². The van der Waals surface area contributed by atoms with Crippen LogP contribution < -0.4 is 5.73 Å². The lowest BCUT2D eigenvalue weighted by Crippen LogP contribution is -2.12. The Balaban J connectivity index is 2.05. The summed E-state index contributed by atoms with van der Waals surface area (Å²) in [6.07, 6.45) is 0. The van der Waals surface area contributed by atoms with Gasteiger partial charge in [0.1, 0.15) is 11.3 Å². The van der Waals surface area contributed by atoms with Crippen molar-refractivity contribution in [1.82, 2.24) is 0 Å². The van der Waals surface area contributed by atoms with Gasteiger partial charge in [0, 0.05) is 9.86 Å². The van der Waals surface area contributed by atoms with E-state index in [1.807, 2.05) is 24.3 Å². The summed E-state index contributed by atoms with van der Waals surface area (Å²) < 4.78 is 6.92. The van der Waals surface area contributed by atoms with Gasteiger partial charge in [-0.1, -0.05) is 39.7 Å². The Bertz CT molecular complexity index is 776. The molecule has 1 unspecified atom stereocenters. The molecule has 2 aromatic carbocycles. The van der Waals surface area contributed by atoms with Crippen molar-refractivity contribution >= 4 is 26.9 Å². The second-order valence-corrected chi connectivity index (χ2v) is 6.08. The fourth-order valence-corrected chi connectivity index (χ4v) is 2.89. The van der Waals surface area contributed by atoms with E-state index in [2.05, 4.69) is 48.0 Å². The van der Waals surface area contributed by atoms with Crippen LogP contribution in [0.15, 0.2) is 51.4 Å². The van der Waals surface area contributed by atoms with Gasteiger partial charge in [0.15, 0.2) is 0 Å². The van der Waals surface area contributed by atoms with E-state index in [0.717, 1.165) is 26.8 Å². The van der Waals surface area contributed by atoms with Crippen LogP contribution >= 0.6 is 15.9 Å². The van der Waals surface area contributed by atoms with Gasteiger partial charge < -0.3 is 10.2 Å². The lowest BCUT2D eigenvalue weighted by molar-refractivity contribution is 0.524. The SMILES string of the molecule is Cc1ccc(C(N)c2cc3cc(Br)ccc3o2)c(C)c1. The molecule has 0 radical (unpaired) electrons. The highest BCUT2D eigenvalue weighted by Crippen LogP contribution is 2.30. The van der Waals surface area contributed by atoms with E-state index in [-0.39, 0.29) is 6.04 Å². The van der Waals surface area contributed by atoms with Gasteiger partial charge in [-0.3, -0.25) is 0 Å². The van der Waals surface area contributed by atoms with Crippen molar-refractivity contribution < 1.29 is 4.42 Å². The van der Waals surface area contributed by atoms with Gasteiger partial charge in [0.05, 0.1) is 6.04 Å². The first kappa shape index (κ1) is 13.4. The van der Waals surface area contributed by atoms with Crippen molar-refractivity contribution in [2.45, 2.75) is 19.9 Å². The van der Waals surface area contributed by atoms with E-state index in [0.29, 0.717) is 0 Å². The van der Waals surface area contributed by atoms with Crippen LogP contribution in [0.1, 0.15) is 28.5 Å². The largest absolute Gasteiger partial charge is 0.459 e. The summed E-state index contributed by atoms with van der Waals surface area (Å²) in [5, 5.41) is 1.06. The number of rotatable bonds is 2. The minimum atomic E-state index is -0.234. The van der Waals surface area contributed by atoms with Crippen molar-refractivity contribution in [2.24, 2.45) is 5.73 Å². The molecule has 102 valence electrons. The Labute approximate surface area is 126 Å². The Morgan fingerprint density at radius 1 is 1.05 bits per heavy atom. The molecule has 0 bridgehead atoms. The van der Waals surface area contributed by atoms with E-state index < -0.39 is 0 Å². The molecule has 20 heavy (non-hydrogen) atoms. The number of hydrogen-bond donors (Lipinski definition) is 1. The molecule has 3 heteroatoms. The van der Waals surface area contributed by atoms with Crippen LogP contribution in [0.3, 0.4) is 0 Å². The molecule has 0 saturated carbocycles. The number of furan rings is 1. The van der Waals surface area contributed by atoms with Gasteiger partial charge in [0.2, 0.25) is 0 Å². The average molecular weight is 330 g/mol. The molecular weight excluding hydrogens is 314 g/mol. The maximum atomic E-state index is 6.36. The maximum Gasteiger partial charge on any atom is 0.134 e. The zero-order valence-electron chi connectivity index (χ0n) is 11.5. The lowest BCUT2D eigenvalue weighted by atomic mass is 9.98. The molecule has 2 N–H and O–H groups in total. The van der Waals surface area contributed by atoms with Gasteiger partial charge in [-0.05, 0) is 49.2 Å². The van der Waals surface area contributed by atoms with Crippen LogP contribution in [-0.4, -0.2) is 0 Å². The highest BCUT2D eigenvalue weighted by molar-refractivity contribution is 9.10. The molecule has 0 aliphatic heterocycles. The Morgan fingerprint density at radius 3 is 2.60 bits per heavy atom. The smallest absolute Gasteiger partial charge is 0.134 e. The summed E-state index contributed by atoms with van der Waals surface area (Å²) >= 11 is 3.47. The molecule has 0 aliphatic rings. The minimum absolute atomic E-state index is 0.234. The lowest BCUT2D eigenvalue weighted by Gasteiger charge is -2.12. The van der Waals surface area contributed by atoms with Crippen molar-refractivity contribution in [2.75, 3.05) is 0 Å². The van der Waals surface area contributed by atoms with Gasteiger partial charge in [-0.25, -0.2) is 0 Å². The third-order valence-electron chi connectivity index (χ3n) is 3.56. The molecule has 1 heterocycles. The van der Waals surface area contributed by atoms with E-state index >= 15 is 0 Å². The van der Waals surface area contributed by atoms with Gasteiger partial charge in [-0.2, -0.15) is 0 Å². The third-order valence-corrected chi connectivity index (χ3v) is 4.06. The summed E-state index contributed by atoms with van der Waals surface area (Å²) in [5.41, 5.74) is 10.8. The summed E-state index contributed by atoms with van der Waals surface area (Å²) in [6.45, 7) is 4.17. The molecule has 3 rings (SSSR count). The van der Waals surface area contributed by atoms with Crippen molar-refractivity contribution in [3.8, 4) is 0 Å².